The Hall–Kier alpha value is -7.62. The first-order valence-electron chi connectivity index (χ1n) is 19.5. The predicted octanol–water partition coefficient (Wildman–Crippen LogP) is 14.8. The van der Waals surface area contributed by atoms with Crippen molar-refractivity contribution in [3.8, 4) is 44.8 Å². The van der Waals surface area contributed by atoms with Crippen LogP contribution >= 0.6 is 0 Å². The second-order valence-electron chi connectivity index (χ2n) is 14.9. The lowest BCUT2D eigenvalue weighted by atomic mass is 10.0. The monoisotopic (exact) mass is 726 g/mol. The van der Waals surface area contributed by atoms with Gasteiger partial charge in [0.05, 0.1) is 33.4 Å². The van der Waals surface area contributed by atoms with Crippen LogP contribution in [0.1, 0.15) is 0 Å². The van der Waals surface area contributed by atoms with E-state index in [2.05, 4.69) is 209 Å². The average molecular weight is 727 g/mol. The van der Waals surface area contributed by atoms with Crippen LogP contribution in [0.2, 0.25) is 0 Å². The van der Waals surface area contributed by atoms with Crippen molar-refractivity contribution >= 4 is 65.6 Å². The van der Waals surface area contributed by atoms with Crippen molar-refractivity contribution in [2.45, 2.75) is 0 Å². The summed E-state index contributed by atoms with van der Waals surface area (Å²) in [6, 6.07) is 74.4. The lowest BCUT2D eigenvalue weighted by Crippen LogP contribution is -1.97. The fourth-order valence-electron chi connectivity index (χ4n) is 9.12. The summed E-state index contributed by atoms with van der Waals surface area (Å²) in [6.45, 7) is 0. The molecule has 0 saturated heterocycles. The highest BCUT2D eigenvalue weighted by atomic mass is 16.3. The van der Waals surface area contributed by atoms with E-state index in [1.165, 1.54) is 66.1 Å². The average Bonchev–Trinajstić information content (AvgIpc) is 3.94. The van der Waals surface area contributed by atoms with E-state index < -0.39 is 0 Å². The van der Waals surface area contributed by atoms with Crippen LogP contribution in [0.25, 0.3) is 110 Å². The van der Waals surface area contributed by atoms with Crippen molar-refractivity contribution in [1.29, 1.82) is 0 Å². The number of hydrogen-bond acceptors (Lipinski definition) is 1. The van der Waals surface area contributed by atoms with Crippen LogP contribution in [0.4, 0.5) is 0 Å². The van der Waals surface area contributed by atoms with E-state index in [-0.39, 0.29) is 0 Å². The molecule has 9 aromatic carbocycles. The first-order chi connectivity index (χ1) is 28.3. The molecule has 0 saturated carbocycles. The predicted molar refractivity (Wildman–Crippen MR) is 239 cm³/mol. The molecule has 57 heavy (non-hydrogen) atoms. The molecule has 0 N–H and O–H groups in total. The van der Waals surface area contributed by atoms with Crippen LogP contribution in [0.3, 0.4) is 0 Å². The van der Waals surface area contributed by atoms with Gasteiger partial charge in [-0.05, 0) is 82.4 Å². The van der Waals surface area contributed by atoms with Gasteiger partial charge in [0.2, 0.25) is 0 Å². The minimum Gasteiger partial charge on any atom is -0.454 e. The zero-order valence-electron chi connectivity index (χ0n) is 30.9. The van der Waals surface area contributed by atoms with Gasteiger partial charge in [0.15, 0.2) is 5.58 Å². The molecule has 3 nitrogen and oxygen atoms in total. The zero-order chi connectivity index (χ0) is 37.5. The van der Waals surface area contributed by atoms with Gasteiger partial charge in [-0.15, -0.1) is 0 Å². The number of para-hydroxylation sites is 4. The van der Waals surface area contributed by atoms with Crippen molar-refractivity contribution in [3.63, 3.8) is 0 Å². The molecule has 0 fully saturated rings. The highest BCUT2D eigenvalue weighted by Crippen LogP contribution is 2.43. The minimum atomic E-state index is 0.886. The summed E-state index contributed by atoms with van der Waals surface area (Å²) in [6.07, 6.45) is 0. The molecular weight excluding hydrogens is 693 g/mol. The number of nitrogens with zero attached hydrogens (tertiary/aromatic N) is 2. The van der Waals surface area contributed by atoms with Crippen LogP contribution in [0.5, 0.6) is 0 Å². The largest absolute Gasteiger partial charge is 0.454 e. The van der Waals surface area contributed by atoms with E-state index in [9.17, 15) is 0 Å². The van der Waals surface area contributed by atoms with Crippen LogP contribution in [-0.2, 0) is 0 Å². The molecule has 3 heteroatoms. The van der Waals surface area contributed by atoms with Gasteiger partial charge in [0.25, 0.3) is 0 Å². The van der Waals surface area contributed by atoms with Gasteiger partial charge in [-0.3, -0.25) is 0 Å². The molecule has 0 aliphatic heterocycles. The molecule has 0 spiro atoms. The quantitative estimate of drug-likeness (QED) is 0.173. The van der Waals surface area contributed by atoms with Crippen molar-refractivity contribution in [1.82, 2.24) is 9.13 Å². The molecule has 0 radical (unpaired) electrons. The molecular formula is C54H34N2O. The number of hydrogen-bond donors (Lipinski definition) is 0. The van der Waals surface area contributed by atoms with E-state index in [1.54, 1.807) is 0 Å². The Labute approximate surface area is 328 Å². The van der Waals surface area contributed by atoms with E-state index in [0.717, 1.165) is 44.2 Å². The molecule has 0 amide bonds. The first-order valence-corrected chi connectivity index (χ1v) is 19.5. The lowest BCUT2D eigenvalue weighted by Gasteiger charge is -2.14. The van der Waals surface area contributed by atoms with Crippen molar-refractivity contribution in [2.75, 3.05) is 0 Å². The van der Waals surface area contributed by atoms with Gasteiger partial charge in [0.1, 0.15) is 5.58 Å². The second-order valence-corrected chi connectivity index (χ2v) is 14.9. The molecule has 0 bridgehead atoms. The Morgan fingerprint density at radius 1 is 0.281 bits per heavy atom. The third-order valence-corrected chi connectivity index (χ3v) is 11.7. The summed E-state index contributed by atoms with van der Waals surface area (Å²) in [4.78, 5) is 0. The Balaban J connectivity index is 1.09. The number of benzene rings is 9. The zero-order valence-corrected chi connectivity index (χ0v) is 30.9. The van der Waals surface area contributed by atoms with E-state index in [1.807, 2.05) is 6.07 Å². The normalized spacial score (nSPS) is 11.9. The fourth-order valence-corrected chi connectivity index (χ4v) is 9.12. The third-order valence-electron chi connectivity index (χ3n) is 11.7. The Bertz CT molecular complexity index is 3510. The van der Waals surface area contributed by atoms with Gasteiger partial charge in [0, 0.05) is 37.9 Å². The molecule has 3 aromatic heterocycles. The lowest BCUT2D eigenvalue weighted by molar-refractivity contribution is 0.666. The molecule has 3 heterocycles. The van der Waals surface area contributed by atoms with Gasteiger partial charge in [-0.2, -0.15) is 0 Å². The summed E-state index contributed by atoms with van der Waals surface area (Å²) >= 11 is 0. The number of fused-ring (bicyclic) bond motifs is 9. The summed E-state index contributed by atoms with van der Waals surface area (Å²) in [5, 5.41) is 7.12. The summed E-state index contributed by atoms with van der Waals surface area (Å²) in [5.74, 6) is 0. The minimum absolute atomic E-state index is 0.886. The van der Waals surface area contributed by atoms with E-state index in [0.29, 0.717) is 0 Å². The molecule has 0 aliphatic rings. The highest BCUT2D eigenvalue weighted by Gasteiger charge is 2.21. The maximum absolute atomic E-state index is 6.72. The van der Waals surface area contributed by atoms with Crippen LogP contribution in [0, 0.1) is 0 Å². The first kappa shape index (κ1) is 31.7. The van der Waals surface area contributed by atoms with Crippen molar-refractivity contribution in [2.24, 2.45) is 0 Å². The van der Waals surface area contributed by atoms with Crippen LogP contribution in [-0.4, -0.2) is 9.13 Å². The van der Waals surface area contributed by atoms with Crippen molar-refractivity contribution < 1.29 is 4.42 Å². The maximum Gasteiger partial charge on any atom is 0.159 e. The molecule has 12 rings (SSSR count). The SMILES string of the molecule is c1ccc(-c2cc(-n3c4ccccc4c4cc(-c5ccc6c7ccccc7n(-c7ccccc7-c7ccccc7)c6c5)ccc43)c3oc4ccccc4c3c2)cc1. The molecule has 0 unspecified atom stereocenters. The third kappa shape index (κ3) is 4.86. The van der Waals surface area contributed by atoms with E-state index in [4.69, 9.17) is 4.42 Å². The maximum atomic E-state index is 6.72. The second kappa shape index (κ2) is 12.5. The van der Waals surface area contributed by atoms with Gasteiger partial charge in [-0.1, -0.05) is 152 Å². The summed E-state index contributed by atoms with van der Waals surface area (Å²) in [7, 11) is 0. The van der Waals surface area contributed by atoms with Gasteiger partial charge >= 0.3 is 0 Å². The molecule has 12 aromatic rings. The summed E-state index contributed by atoms with van der Waals surface area (Å²) < 4.78 is 11.6. The number of furan rings is 1. The smallest absolute Gasteiger partial charge is 0.159 e. The topological polar surface area (TPSA) is 23.0 Å². The van der Waals surface area contributed by atoms with Crippen LogP contribution in [0.15, 0.2) is 211 Å². The Morgan fingerprint density at radius 2 is 0.825 bits per heavy atom. The molecule has 266 valence electrons. The Kier molecular flexibility index (Phi) is 6.93. The van der Waals surface area contributed by atoms with Crippen molar-refractivity contribution in [3.05, 3.63) is 206 Å². The fraction of sp³-hybridized carbons (Fsp3) is 0. The number of rotatable bonds is 5. The Morgan fingerprint density at radius 3 is 1.61 bits per heavy atom. The molecule has 0 aliphatic carbocycles. The van der Waals surface area contributed by atoms with Crippen LogP contribution < -0.4 is 0 Å². The summed E-state index contributed by atoms with van der Waals surface area (Å²) in [5.41, 5.74) is 15.7. The van der Waals surface area contributed by atoms with E-state index >= 15 is 0 Å². The van der Waals surface area contributed by atoms with Gasteiger partial charge < -0.3 is 13.6 Å². The molecule has 0 atom stereocenters. The number of aromatic nitrogens is 2. The standard InChI is InChI=1S/C54H34N2O/c1-3-15-35(16-4-1)39-32-46-44-22-10-14-26-53(44)57-54(46)52(34-39)56-49-25-13-9-21-42(49)45-31-37(28-30-50(45)56)38-27-29-43-41-20-8-12-24-48(41)55(51(43)33-38)47-23-11-7-19-40(47)36-17-5-2-6-18-36/h1-34H. The van der Waals surface area contributed by atoms with Gasteiger partial charge in [-0.25, -0.2) is 0 Å². The highest BCUT2D eigenvalue weighted by molar-refractivity contribution is 6.15.